The molecule has 25 heavy (non-hydrogen) atoms. The number of amides is 1. The van der Waals surface area contributed by atoms with Crippen LogP contribution in [0.1, 0.15) is 66.9 Å². The molecule has 1 aromatic rings. The van der Waals surface area contributed by atoms with E-state index in [1.54, 1.807) is 13.0 Å². The molecule has 1 aromatic heterocycles. The number of ether oxygens (including phenoxy) is 1. The van der Waals surface area contributed by atoms with Gasteiger partial charge in [-0.2, -0.15) is 0 Å². The lowest BCUT2D eigenvalue weighted by Gasteiger charge is -2.36. The minimum atomic E-state index is -0.793. The van der Waals surface area contributed by atoms with Crippen LogP contribution in [0.4, 0.5) is 0 Å². The van der Waals surface area contributed by atoms with Gasteiger partial charge in [-0.3, -0.25) is 14.4 Å². The summed E-state index contributed by atoms with van der Waals surface area (Å²) in [6.07, 6.45) is 3.39. The number of piperidine rings is 1. The average molecular weight is 365 g/mol. The molecule has 0 aromatic carbocycles. The first-order valence-electron chi connectivity index (χ1n) is 9.02. The lowest BCUT2D eigenvalue weighted by Crippen LogP contribution is -2.48. The summed E-state index contributed by atoms with van der Waals surface area (Å²) in [5, 5.41) is 0. The molecule has 6 heteroatoms. The predicted octanol–water partition coefficient (Wildman–Crippen LogP) is 3.74. The largest absolute Gasteiger partial charge is 0.453 e. The van der Waals surface area contributed by atoms with Gasteiger partial charge in [-0.25, -0.2) is 0 Å². The Morgan fingerprint density at radius 1 is 1.28 bits per heavy atom. The third kappa shape index (κ3) is 5.39. The first-order chi connectivity index (χ1) is 11.9. The second kappa shape index (κ2) is 9.13. The quantitative estimate of drug-likeness (QED) is 0.545. The van der Waals surface area contributed by atoms with Gasteiger partial charge < -0.3 is 9.64 Å². The lowest BCUT2D eigenvalue weighted by molar-refractivity contribution is -0.160. The zero-order chi connectivity index (χ0) is 18.4. The van der Waals surface area contributed by atoms with Crippen molar-refractivity contribution < 1.29 is 19.1 Å². The van der Waals surface area contributed by atoms with Crippen molar-refractivity contribution in [3.8, 4) is 0 Å². The first kappa shape index (κ1) is 19.6. The highest BCUT2D eigenvalue weighted by Crippen LogP contribution is 2.21. The van der Waals surface area contributed by atoms with E-state index in [0.717, 1.165) is 37.1 Å². The number of rotatable bonds is 7. The van der Waals surface area contributed by atoms with Crippen LogP contribution in [0.15, 0.2) is 12.1 Å². The number of esters is 1. The summed E-state index contributed by atoms with van der Waals surface area (Å²) in [7, 11) is 0. The molecule has 1 aliphatic heterocycles. The fourth-order valence-corrected chi connectivity index (χ4v) is 4.01. The third-order valence-corrected chi connectivity index (χ3v) is 5.65. The molecule has 0 spiro atoms. The molecular weight excluding hydrogens is 338 g/mol. The van der Waals surface area contributed by atoms with E-state index < -0.39 is 12.1 Å². The number of nitrogens with zero attached hydrogens (tertiary/aromatic N) is 1. The average Bonchev–Trinajstić information content (AvgIpc) is 3.05. The number of aryl methyl sites for hydroxylation is 1. The summed E-state index contributed by atoms with van der Waals surface area (Å²) >= 11 is 1.43. The predicted molar refractivity (Wildman–Crippen MR) is 97.8 cm³/mol. The van der Waals surface area contributed by atoms with Gasteiger partial charge in [0.05, 0.1) is 11.3 Å². The van der Waals surface area contributed by atoms with Gasteiger partial charge in [0.1, 0.15) is 0 Å². The lowest BCUT2D eigenvalue weighted by atomic mass is 9.99. The van der Waals surface area contributed by atoms with Crippen molar-refractivity contribution in [2.24, 2.45) is 0 Å². The Hall–Kier alpha value is -1.69. The highest BCUT2D eigenvalue weighted by Gasteiger charge is 2.30. The summed E-state index contributed by atoms with van der Waals surface area (Å²) < 4.78 is 5.27. The number of Topliss-reactive ketones (excluding diaryl/α,β-unsaturated/α-hetero) is 1. The molecule has 2 atom stereocenters. The summed E-state index contributed by atoms with van der Waals surface area (Å²) in [6.45, 7) is 6.36. The van der Waals surface area contributed by atoms with Gasteiger partial charge in [0.2, 0.25) is 0 Å². The smallest absolute Gasteiger partial charge is 0.307 e. The van der Waals surface area contributed by atoms with Crippen LogP contribution in [0.5, 0.6) is 0 Å². The van der Waals surface area contributed by atoms with Crippen LogP contribution in [-0.2, 0) is 14.3 Å². The molecule has 0 aliphatic carbocycles. The van der Waals surface area contributed by atoms with Gasteiger partial charge in [0.15, 0.2) is 11.9 Å². The Morgan fingerprint density at radius 3 is 2.68 bits per heavy atom. The summed E-state index contributed by atoms with van der Waals surface area (Å²) in [6, 6.07) is 3.91. The standard InChI is InChI=1S/C19H27NO4S/c1-4-15-7-5-6-12-20(15)19(23)14(3)24-18(22)11-9-16(21)17-10-8-13(2)25-17/h8,10,14-15H,4-7,9,11-12H2,1-3H3. The number of hydrogen-bond acceptors (Lipinski definition) is 5. The van der Waals surface area contributed by atoms with Crippen molar-refractivity contribution in [2.75, 3.05) is 6.54 Å². The van der Waals surface area contributed by atoms with Crippen molar-refractivity contribution in [3.05, 3.63) is 21.9 Å². The molecule has 0 N–H and O–H groups in total. The molecule has 2 rings (SSSR count). The van der Waals surface area contributed by atoms with Gasteiger partial charge in [-0.15, -0.1) is 11.3 Å². The van der Waals surface area contributed by atoms with Gasteiger partial charge in [0.25, 0.3) is 5.91 Å². The van der Waals surface area contributed by atoms with Crippen molar-refractivity contribution >= 4 is 29.0 Å². The van der Waals surface area contributed by atoms with E-state index in [2.05, 4.69) is 6.92 Å². The van der Waals surface area contributed by atoms with E-state index >= 15 is 0 Å². The molecule has 0 saturated carbocycles. The van der Waals surface area contributed by atoms with E-state index in [9.17, 15) is 14.4 Å². The molecule has 0 bridgehead atoms. The SMILES string of the molecule is CCC1CCCCN1C(=O)C(C)OC(=O)CCC(=O)c1ccc(C)s1. The zero-order valence-electron chi connectivity index (χ0n) is 15.2. The molecule has 1 amide bonds. The Bertz CT molecular complexity index is 625. The number of ketones is 1. The highest BCUT2D eigenvalue weighted by atomic mass is 32.1. The number of hydrogen-bond donors (Lipinski definition) is 0. The van der Waals surface area contributed by atoms with E-state index in [0.29, 0.717) is 4.88 Å². The van der Waals surface area contributed by atoms with Gasteiger partial charge in [0, 0.05) is 23.9 Å². The van der Waals surface area contributed by atoms with Gasteiger partial charge in [-0.1, -0.05) is 6.92 Å². The summed E-state index contributed by atoms with van der Waals surface area (Å²) in [5.74, 6) is -0.677. The van der Waals surface area contributed by atoms with E-state index in [-0.39, 0.29) is 30.6 Å². The number of carbonyl (C=O) groups excluding carboxylic acids is 3. The van der Waals surface area contributed by atoms with Crippen LogP contribution < -0.4 is 0 Å². The maximum atomic E-state index is 12.5. The monoisotopic (exact) mass is 365 g/mol. The topological polar surface area (TPSA) is 63.7 Å². The molecular formula is C19H27NO4S. The van der Waals surface area contributed by atoms with Crippen LogP contribution in [0.3, 0.4) is 0 Å². The maximum absolute atomic E-state index is 12.5. The number of thiophene rings is 1. The second-order valence-electron chi connectivity index (χ2n) is 6.56. The maximum Gasteiger partial charge on any atom is 0.307 e. The molecule has 0 radical (unpaired) electrons. The van der Waals surface area contributed by atoms with Crippen molar-refractivity contribution in [2.45, 2.75) is 71.4 Å². The van der Waals surface area contributed by atoms with E-state index in [1.807, 2.05) is 17.9 Å². The van der Waals surface area contributed by atoms with Crippen molar-refractivity contribution in [1.82, 2.24) is 4.90 Å². The molecule has 2 heterocycles. The Labute approximate surface area is 153 Å². The zero-order valence-corrected chi connectivity index (χ0v) is 16.1. The Balaban J connectivity index is 1.80. The normalized spacial score (nSPS) is 18.7. The molecule has 2 unspecified atom stereocenters. The molecule has 5 nitrogen and oxygen atoms in total. The minimum absolute atomic E-state index is 0.00457. The van der Waals surface area contributed by atoms with Crippen LogP contribution >= 0.6 is 11.3 Å². The highest BCUT2D eigenvalue weighted by molar-refractivity contribution is 7.14. The Morgan fingerprint density at radius 2 is 2.04 bits per heavy atom. The van der Waals surface area contributed by atoms with Gasteiger partial charge in [-0.05, 0) is 51.7 Å². The van der Waals surface area contributed by atoms with Crippen LogP contribution in [0.25, 0.3) is 0 Å². The number of carbonyl (C=O) groups is 3. The Kier molecular flexibility index (Phi) is 7.17. The molecule has 1 fully saturated rings. The van der Waals surface area contributed by atoms with Crippen molar-refractivity contribution in [1.29, 1.82) is 0 Å². The van der Waals surface area contributed by atoms with Gasteiger partial charge >= 0.3 is 5.97 Å². The van der Waals surface area contributed by atoms with Crippen LogP contribution in [-0.4, -0.2) is 41.3 Å². The number of likely N-dealkylation sites (tertiary alicyclic amines) is 1. The summed E-state index contributed by atoms with van der Waals surface area (Å²) in [4.78, 5) is 40.2. The minimum Gasteiger partial charge on any atom is -0.453 e. The van der Waals surface area contributed by atoms with Crippen LogP contribution in [0, 0.1) is 6.92 Å². The first-order valence-corrected chi connectivity index (χ1v) is 9.83. The third-order valence-electron chi connectivity index (χ3n) is 4.61. The van der Waals surface area contributed by atoms with E-state index in [1.165, 1.54) is 11.3 Å². The molecule has 1 saturated heterocycles. The molecule has 138 valence electrons. The van der Waals surface area contributed by atoms with E-state index in [4.69, 9.17) is 4.74 Å². The second-order valence-corrected chi connectivity index (χ2v) is 7.84. The summed E-state index contributed by atoms with van der Waals surface area (Å²) in [5.41, 5.74) is 0. The van der Waals surface area contributed by atoms with Crippen LogP contribution in [0.2, 0.25) is 0 Å². The molecule has 1 aliphatic rings. The fourth-order valence-electron chi connectivity index (χ4n) is 3.18. The van der Waals surface area contributed by atoms with Crippen molar-refractivity contribution in [3.63, 3.8) is 0 Å². The fraction of sp³-hybridized carbons (Fsp3) is 0.632.